The summed E-state index contributed by atoms with van der Waals surface area (Å²) in [5.74, 6) is -3.53. The monoisotopic (exact) mass is 947 g/mol. The standard InChI is InChI=1S/C39H33N17O5S4/c1-38(2,3)24-22(49-51-29-21(16-40)44-36(64-29)62-17-11-9-8-10-12-17)26(41)55(53-24)33-46-34(48-35(61)47-33)56-27(42)23(25(54-56)39(4,5)6)50-52-30-28(43-7)45-37(65-30)63-18-13-14-19(31(57)58)20(15-18)32(59)60/h8-15H,41-42H2,1-6H3,(H,57,58)(H,59,60)(H,46,47,48,61). The SMILES string of the molecule is [C-]#[N+]c1nc(Sc2ccc(C(=O)O)c(C(=O)O)c2)sc1N=Nc1c(C(C)(C)C)nn(-c2nc(O)nc(-n3nc(C(C)(C)C)c(N=Nc4sc(Sc5ccccc5)nc4C#N)c3N)n2)c1N. The Balaban J connectivity index is 1.23. The maximum Gasteiger partial charge on any atom is 0.336 e. The Morgan fingerprint density at radius 2 is 1.26 bits per heavy atom. The molecule has 7 aromatic rings. The van der Waals surface area contributed by atoms with E-state index in [1.54, 1.807) is 0 Å². The molecule has 0 aliphatic heterocycles. The van der Waals surface area contributed by atoms with E-state index in [0.29, 0.717) is 25.0 Å². The first kappa shape index (κ1) is 45.4. The van der Waals surface area contributed by atoms with Gasteiger partial charge in [0.15, 0.2) is 43.0 Å². The molecule has 0 radical (unpaired) electrons. The Morgan fingerprint density at radius 1 is 0.738 bits per heavy atom. The van der Waals surface area contributed by atoms with Crippen molar-refractivity contribution in [2.75, 3.05) is 11.5 Å². The van der Waals surface area contributed by atoms with Crippen molar-refractivity contribution in [3.05, 3.63) is 88.2 Å². The Morgan fingerprint density at radius 3 is 1.78 bits per heavy atom. The van der Waals surface area contributed by atoms with Crippen molar-refractivity contribution >= 4 is 97.0 Å². The fraction of sp³-hybridized carbons (Fsp3) is 0.205. The van der Waals surface area contributed by atoms with Gasteiger partial charge in [0.2, 0.25) is 4.34 Å². The lowest BCUT2D eigenvalue weighted by Crippen LogP contribution is -2.16. The van der Waals surface area contributed by atoms with Gasteiger partial charge < -0.3 is 31.6 Å². The molecular weight excluding hydrogens is 915 g/mol. The van der Waals surface area contributed by atoms with E-state index in [-0.39, 0.29) is 62.0 Å². The highest BCUT2D eigenvalue weighted by Crippen LogP contribution is 2.45. The molecular formula is C39H33N17O5S4. The lowest BCUT2D eigenvalue weighted by Gasteiger charge is -2.15. The van der Waals surface area contributed by atoms with Gasteiger partial charge in [0.05, 0.1) is 22.5 Å². The van der Waals surface area contributed by atoms with Gasteiger partial charge in [0.1, 0.15) is 6.07 Å². The summed E-state index contributed by atoms with van der Waals surface area (Å²) in [6.07, 6.45) is 0. The highest BCUT2D eigenvalue weighted by Gasteiger charge is 2.31. The summed E-state index contributed by atoms with van der Waals surface area (Å²) in [6, 6.07) is 14.7. The summed E-state index contributed by atoms with van der Waals surface area (Å²) in [7, 11) is 0. The van der Waals surface area contributed by atoms with E-state index < -0.39 is 34.3 Å². The van der Waals surface area contributed by atoms with Gasteiger partial charge in [-0.25, -0.2) is 14.6 Å². The number of aromatic hydroxyl groups is 1. The van der Waals surface area contributed by atoms with Crippen LogP contribution in [-0.2, 0) is 10.8 Å². The van der Waals surface area contributed by atoms with Gasteiger partial charge in [-0.05, 0) is 42.1 Å². The number of hydrogen-bond acceptors (Lipinski definition) is 21. The quantitative estimate of drug-likeness (QED) is 0.0562. The Kier molecular flexibility index (Phi) is 12.5. The number of rotatable bonds is 12. The van der Waals surface area contributed by atoms with Crippen molar-refractivity contribution in [3.8, 4) is 24.0 Å². The van der Waals surface area contributed by atoms with Crippen LogP contribution in [0.15, 0.2) is 87.5 Å². The number of aromatic carboxylic acids is 2. The van der Waals surface area contributed by atoms with Crippen molar-refractivity contribution in [1.29, 1.82) is 5.26 Å². The summed E-state index contributed by atoms with van der Waals surface area (Å²) >= 11 is 4.56. The van der Waals surface area contributed by atoms with Gasteiger partial charge >= 0.3 is 23.8 Å². The molecule has 0 amide bonds. The lowest BCUT2D eigenvalue weighted by atomic mass is 9.91. The van der Waals surface area contributed by atoms with E-state index in [4.69, 9.17) is 18.0 Å². The van der Waals surface area contributed by atoms with E-state index in [2.05, 4.69) is 66.5 Å². The molecule has 22 nitrogen and oxygen atoms in total. The third-order valence-electron chi connectivity index (χ3n) is 8.65. The third-order valence-corrected chi connectivity index (χ3v) is 12.6. The number of hydrogen-bond donors (Lipinski definition) is 5. The minimum absolute atomic E-state index is 0.0484. The molecule has 5 heterocycles. The first-order valence-corrected chi connectivity index (χ1v) is 21.9. The number of carbonyl (C=O) groups is 2. The van der Waals surface area contributed by atoms with Crippen LogP contribution >= 0.6 is 46.2 Å². The van der Waals surface area contributed by atoms with Gasteiger partial charge in [-0.15, -0.1) is 20.5 Å². The third kappa shape index (κ3) is 9.65. The number of nitrogen functional groups attached to an aromatic ring is 2. The first-order valence-electron chi connectivity index (χ1n) is 18.6. The largest absolute Gasteiger partial charge is 0.479 e. The molecule has 0 spiro atoms. The van der Waals surface area contributed by atoms with Crippen LogP contribution in [0.3, 0.4) is 0 Å². The average molecular weight is 948 g/mol. The summed E-state index contributed by atoms with van der Waals surface area (Å²) in [6.45, 7) is 18.9. The molecule has 65 heavy (non-hydrogen) atoms. The minimum Gasteiger partial charge on any atom is -0.479 e. The number of thiazole rings is 2. The lowest BCUT2D eigenvalue weighted by molar-refractivity contribution is 0.0651. The number of carboxylic acid groups (broad SMARTS) is 2. The fourth-order valence-electron chi connectivity index (χ4n) is 5.67. The molecule has 0 aliphatic rings. The predicted molar refractivity (Wildman–Crippen MR) is 241 cm³/mol. The molecule has 0 saturated heterocycles. The highest BCUT2D eigenvalue weighted by molar-refractivity contribution is 8.01. The second-order valence-corrected chi connectivity index (χ2v) is 20.0. The van der Waals surface area contributed by atoms with Gasteiger partial charge in [0, 0.05) is 20.6 Å². The van der Waals surface area contributed by atoms with Crippen LogP contribution in [0.2, 0.25) is 0 Å². The molecule has 328 valence electrons. The van der Waals surface area contributed by atoms with Gasteiger partial charge in [-0.3, -0.25) is 0 Å². The summed E-state index contributed by atoms with van der Waals surface area (Å²) in [5, 5.41) is 66.8. The summed E-state index contributed by atoms with van der Waals surface area (Å²) < 4.78 is 3.19. The number of azo groups is 2. The zero-order valence-corrected chi connectivity index (χ0v) is 38.0. The van der Waals surface area contributed by atoms with Crippen LogP contribution in [0.1, 0.15) is 79.3 Å². The zero-order chi connectivity index (χ0) is 47.0. The number of aromatic nitrogens is 9. The number of nitrogens with zero attached hydrogens (tertiary/aromatic N) is 15. The smallest absolute Gasteiger partial charge is 0.336 e. The number of anilines is 2. The normalized spacial score (nSPS) is 11.9. The minimum atomic E-state index is -1.42. The van der Waals surface area contributed by atoms with Crippen LogP contribution in [0.5, 0.6) is 6.01 Å². The molecule has 2 aromatic carbocycles. The zero-order valence-electron chi connectivity index (χ0n) is 34.8. The van der Waals surface area contributed by atoms with Crippen molar-refractivity contribution in [1.82, 2.24) is 44.5 Å². The maximum absolute atomic E-state index is 11.7. The van der Waals surface area contributed by atoms with Crippen LogP contribution in [0.4, 0.5) is 38.8 Å². The molecule has 5 aromatic heterocycles. The topological polar surface area (TPSA) is 325 Å². The molecule has 0 unspecified atom stereocenters. The molecule has 0 fully saturated rings. The van der Waals surface area contributed by atoms with Gasteiger partial charge in [0.25, 0.3) is 11.9 Å². The van der Waals surface area contributed by atoms with Crippen molar-refractivity contribution in [2.24, 2.45) is 20.5 Å². The molecule has 7 rings (SSSR count). The fourth-order valence-corrected chi connectivity index (χ4v) is 9.46. The van der Waals surface area contributed by atoms with Crippen LogP contribution < -0.4 is 11.5 Å². The molecule has 7 N–H and O–H groups in total. The second kappa shape index (κ2) is 17.8. The van der Waals surface area contributed by atoms with E-state index >= 15 is 0 Å². The molecule has 0 saturated carbocycles. The Bertz CT molecular complexity index is 3160. The number of carboxylic acids is 2. The van der Waals surface area contributed by atoms with Gasteiger partial charge in [-0.2, -0.15) is 39.8 Å². The van der Waals surface area contributed by atoms with E-state index in [9.17, 15) is 30.2 Å². The summed E-state index contributed by atoms with van der Waals surface area (Å²) in [4.78, 5) is 49.4. The van der Waals surface area contributed by atoms with Crippen LogP contribution in [0.25, 0.3) is 16.7 Å². The molecule has 0 aliphatic carbocycles. The van der Waals surface area contributed by atoms with Crippen molar-refractivity contribution in [3.63, 3.8) is 0 Å². The molecule has 0 bridgehead atoms. The molecule has 26 heteroatoms. The van der Waals surface area contributed by atoms with Crippen molar-refractivity contribution in [2.45, 2.75) is 70.8 Å². The van der Waals surface area contributed by atoms with E-state index in [0.717, 1.165) is 37.4 Å². The number of nitriles is 1. The second-order valence-electron chi connectivity index (χ2n) is 15.4. The maximum atomic E-state index is 11.7. The van der Waals surface area contributed by atoms with Crippen LogP contribution in [-0.4, -0.2) is 71.7 Å². The highest BCUT2D eigenvalue weighted by atomic mass is 32.2. The van der Waals surface area contributed by atoms with Gasteiger partial charge in [-0.1, -0.05) is 106 Å². The first-order chi connectivity index (χ1) is 30.7. The number of benzene rings is 2. The Hall–Kier alpha value is -7.65. The van der Waals surface area contributed by atoms with Crippen LogP contribution in [0, 0.1) is 17.9 Å². The summed E-state index contributed by atoms with van der Waals surface area (Å²) in [5.41, 5.74) is 12.3. The van der Waals surface area contributed by atoms with E-state index in [1.165, 1.54) is 41.3 Å². The average Bonchev–Trinajstić information content (AvgIpc) is 4.01. The molecule has 0 atom stereocenters. The predicted octanol–water partition coefficient (Wildman–Crippen LogP) is 9.57. The van der Waals surface area contributed by atoms with Crippen molar-refractivity contribution < 1.29 is 24.9 Å². The Labute approximate surface area is 384 Å². The van der Waals surface area contributed by atoms with E-state index in [1.807, 2.05) is 71.9 Å². The number of nitrogens with two attached hydrogens (primary N) is 2.